The molecular weight excluding hydrogens is 476 g/mol. The molecule has 0 spiro atoms. The Balaban J connectivity index is 1.70. The van der Waals surface area contributed by atoms with Gasteiger partial charge in [0.1, 0.15) is 24.7 Å². The predicted octanol–water partition coefficient (Wildman–Crippen LogP) is 4.36. The van der Waals surface area contributed by atoms with Crippen LogP contribution in [0.2, 0.25) is 5.02 Å². The molecule has 0 radical (unpaired) electrons. The van der Waals surface area contributed by atoms with Gasteiger partial charge in [0.15, 0.2) is 0 Å². The van der Waals surface area contributed by atoms with Crippen molar-refractivity contribution in [3.05, 3.63) is 82.9 Å². The Morgan fingerprint density at radius 1 is 0.971 bits per heavy atom. The van der Waals surface area contributed by atoms with Gasteiger partial charge < -0.3 is 14.8 Å². The van der Waals surface area contributed by atoms with Crippen LogP contribution in [0.15, 0.2) is 71.6 Å². The zero-order valence-corrected chi connectivity index (χ0v) is 20.8. The molecule has 0 bridgehead atoms. The van der Waals surface area contributed by atoms with Crippen LogP contribution >= 0.6 is 11.6 Å². The first-order chi connectivity index (χ1) is 16.2. The molecule has 0 heterocycles. The molecule has 3 aromatic carbocycles. The van der Waals surface area contributed by atoms with Gasteiger partial charge in [-0.05, 0) is 67.9 Å². The standard InChI is InChI=1S/C25H27ClN2O5S/c1-18-4-7-20(8-5-18)28(34(30,31)23-12-10-21(32-3)11-13-23)17-25(29)27-14-15-33-22-9-6-19(2)24(26)16-22/h4-13,16H,14-15,17H2,1-3H3,(H,27,29). The Labute approximate surface area is 205 Å². The summed E-state index contributed by atoms with van der Waals surface area (Å²) in [6.07, 6.45) is 0. The summed E-state index contributed by atoms with van der Waals surface area (Å²) in [4.78, 5) is 12.7. The third kappa shape index (κ3) is 6.42. The highest BCUT2D eigenvalue weighted by atomic mass is 35.5. The van der Waals surface area contributed by atoms with Gasteiger partial charge >= 0.3 is 0 Å². The minimum absolute atomic E-state index is 0.0567. The lowest BCUT2D eigenvalue weighted by Gasteiger charge is -2.24. The number of anilines is 1. The number of amides is 1. The molecule has 0 saturated carbocycles. The number of hydrogen-bond acceptors (Lipinski definition) is 5. The summed E-state index contributed by atoms with van der Waals surface area (Å²) in [5.74, 6) is 0.671. The van der Waals surface area contributed by atoms with Gasteiger partial charge in [0.05, 0.1) is 24.2 Å². The van der Waals surface area contributed by atoms with Gasteiger partial charge in [-0.15, -0.1) is 0 Å². The number of carbonyl (C=O) groups excluding carboxylic acids is 1. The third-order valence-electron chi connectivity index (χ3n) is 5.09. The Hall–Kier alpha value is -3.23. The monoisotopic (exact) mass is 502 g/mol. The highest BCUT2D eigenvalue weighted by molar-refractivity contribution is 7.92. The van der Waals surface area contributed by atoms with E-state index in [0.717, 1.165) is 15.4 Å². The Kier molecular flexibility index (Phi) is 8.41. The molecule has 9 heteroatoms. The SMILES string of the molecule is COc1ccc(S(=O)(=O)N(CC(=O)NCCOc2ccc(C)c(Cl)c2)c2ccc(C)cc2)cc1. The van der Waals surface area contributed by atoms with Crippen molar-refractivity contribution in [2.75, 3.05) is 31.1 Å². The fraction of sp³-hybridized carbons (Fsp3) is 0.240. The minimum atomic E-state index is -4.00. The summed E-state index contributed by atoms with van der Waals surface area (Å²) < 4.78 is 38.6. The summed E-state index contributed by atoms with van der Waals surface area (Å²) in [6, 6.07) is 18.3. The first-order valence-electron chi connectivity index (χ1n) is 10.6. The lowest BCUT2D eigenvalue weighted by Crippen LogP contribution is -2.41. The van der Waals surface area contributed by atoms with E-state index in [4.69, 9.17) is 21.1 Å². The van der Waals surface area contributed by atoms with Crippen molar-refractivity contribution in [1.82, 2.24) is 5.32 Å². The van der Waals surface area contributed by atoms with E-state index in [9.17, 15) is 13.2 Å². The highest BCUT2D eigenvalue weighted by Gasteiger charge is 2.27. The molecule has 34 heavy (non-hydrogen) atoms. The predicted molar refractivity (Wildman–Crippen MR) is 133 cm³/mol. The molecule has 0 aliphatic carbocycles. The number of benzene rings is 3. The van der Waals surface area contributed by atoms with E-state index in [1.165, 1.54) is 19.2 Å². The van der Waals surface area contributed by atoms with Gasteiger partial charge in [-0.25, -0.2) is 8.42 Å². The summed E-state index contributed by atoms with van der Waals surface area (Å²) in [7, 11) is -2.49. The van der Waals surface area contributed by atoms with Gasteiger partial charge in [0.2, 0.25) is 5.91 Å². The Morgan fingerprint density at radius 2 is 1.62 bits per heavy atom. The van der Waals surface area contributed by atoms with Gasteiger partial charge in [-0.1, -0.05) is 35.4 Å². The van der Waals surface area contributed by atoms with E-state index in [1.54, 1.807) is 48.5 Å². The second kappa shape index (κ2) is 11.3. The average Bonchev–Trinajstić information content (AvgIpc) is 2.83. The van der Waals surface area contributed by atoms with Crippen LogP contribution < -0.4 is 19.1 Å². The number of nitrogens with zero attached hydrogens (tertiary/aromatic N) is 1. The molecule has 0 atom stereocenters. The smallest absolute Gasteiger partial charge is 0.264 e. The van der Waals surface area contributed by atoms with E-state index >= 15 is 0 Å². The van der Waals surface area contributed by atoms with Crippen LogP contribution in [-0.2, 0) is 14.8 Å². The zero-order valence-electron chi connectivity index (χ0n) is 19.2. The van der Waals surface area contributed by atoms with Crippen LogP contribution in [0.4, 0.5) is 5.69 Å². The fourth-order valence-corrected chi connectivity index (χ4v) is 4.70. The van der Waals surface area contributed by atoms with E-state index in [0.29, 0.717) is 22.2 Å². The molecule has 3 rings (SSSR count). The topological polar surface area (TPSA) is 84.9 Å². The van der Waals surface area contributed by atoms with Crippen molar-refractivity contribution in [1.29, 1.82) is 0 Å². The molecular formula is C25H27ClN2O5S. The number of ether oxygens (including phenoxy) is 2. The van der Waals surface area contributed by atoms with Crippen LogP contribution in [0, 0.1) is 13.8 Å². The molecule has 0 aromatic heterocycles. The number of aryl methyl sites for hydroxylation is 2. The van der Waals surface area contributed by atoms with Gasteiger partial charge in [-0.2, -0.15) is 0 Å². The van der Waals surface area contributed by atoms with E-state index in [1.807, 2.05) is 19.9 Å². The van der Waals surface area contributed by atoms with Crippen LogP contribution in [0.1, 0.15) is 11.1 Å². The number of nitrogens with one attached hydrogen (secondary N) is 1. The van der Waals surface area contributed by atoms with Crippen molar-refractivity contribution < 1.29 is 22.7 Å². The molecule has 7 nitrogen and oxygen atoms in total. The molecule has 1 N–H and O–H groups in total. The van der Waals surface area contributed by atoms with Crippen molar-refractivity contribution >= 4 is 33.2 Å². The maximum atomic E-state index is 13.4. The first-order valence-corrected chi connectivity index (χ1v) is 12.4. The average molecular weight is 503 g/mol. The summed E-state index contributed by atoms with van der Waals surface area (Å²) in [5, 5.41) is 3.31. The molecule has 3 aromatic rings. The second-order valence-electron chi connectivity index (χ2n) is 7.63. The minimum Gasteiger partial charge on any atom is -0.497 e. The van der Waals surface area contributed by atoms with Gasteiger partial charge in [0, 0.05) is 5.02 Å². The van der Waals surface area contributed by atoms with Gasteiger partial charge in [0.25, 0.3) is 10.0 Å². The lowest BCUT2D eigenvalue weighted by atomic mass is 10.2. The summed E-state index contributed by atoms with van der Waals surface area (Å²) in [5.41, 5.74) is 2.31. The van der Waals surface area contributed by atoms with Crippen LogP contribution in [0.5, 0.6) is 11.5 Å². The maximum absolute atomic E-state index is 13.4. The third-order valence-corrected chi connectivity index (χ3v) is 7.29. The summed E-state index contributed by atoms with van der Waals surface area (Å²) >= 11 is 6.09. The number of methoxy groups -OCH3 is 1. The second-order valence-corrected chi connectivity index (χ2v) is 9.90. The fourth-order valence-electron chi connectivity index (χ4n) is 3.11. The Bertz CT molecular complexity index is 1230. The quantitative estimate of drug-likeness (QED) is 0.416. The molecule has 0 fully saturated rings. The van der Waals surface area contributed by atoms with Crippen molar-refractivity contribution in [2.24, 2.45) is 0 Å². The van der Waals surface area contributed by atoms with Crippen LogP contribution in [0.25, 0.3) is 0 Å². The van der Waals surface area contributed by atoms with Crippen molar-refractivity contribution in [2.45, 2.75) is 18.7 Å². The first kappa shape index (κ1) is 25.4. The molecule has 1 amide bonds. The number of rotatable bonds is 10. The number of halogens is 1. The number of carbonyl (C=O) groups is 1. The molecule has 0 aliphatic rings. The van der Waals surface area contributed by atoms with E-state index in [-0.39, 0.29) is 24.6 Å². The molecule has 0 saturated heterocycles. The molecule has 0 unspecified atom stereocenters. The highest BCUT2D eigenvalue weighted by Crippen LogP contribution is 2.25. The molecule has 180 valence electrons. The van der Waals surface area contributed by atoms with Crippen molar-refractivity contribution in [3.63, 3.8) is 0 Å². The number of sulfonamides is 1. The van der Waals surface area contributed by atoms with Crippen LogP contribution in [-0.4, -0.2) is 41.1 Å². The largest absolute Gasteiger partial charge is 0.497 e. The van der Waals surface area contributed by atoms with Crippen LogP contribution in [0.3, 0.4) is 0 Å². The number of hydrogen-bond donors (Lipinski definition) is 1. The van der Waals surface area contributed by atoms with Gasteiger partial charge in [-0.3, -0.25) is 9.10 Å². The Morgan fingerprint density at radius 3 is 2.24 bits per heavy atom. The normalized spacial score (nSPS) is 11.1. The molecule has 0 aliphatic heterocycles. The van der Waals surface area contributed by atoms with Crippen molar-refractivity contribution in [3.8, 4) is 11.5 Å². The van der Waals surface area contributed by atoms with E-state index in [2.05, 4.69) is 5.32 Å². The maximum Gasteiger partial charge on any atom is 0.264 e. The zero-order chi connectivity index (χ0) is 24.7. The van der Waals surface area contributed by atoms with E-state index < -0.39 is 15.9 Å². The summed E-state index contributed by atoms with van der Waals surface area (Å²) in [6.45, 7) is 3.83. The lowest BCUT2D eigenvalue weighted by molar-refractivity contribution is -0.119.